The minimum absolute atomic E-state index is 0.554. The van der Waals surface area contributed by atoms with Crippen LogP contribution in [0.4, 0.5) is 5.82 Å². The highest BCUT2D eigenvalue weighted by atomic mass is 79.9. The van der Waals surface area contributed by atoms with E-state index in [1.54, 1.807) is 0 Å². The van der Waals surface area contributed by atoms with E-state index < -0.39 is 0 Å². The Bertz CT molecular complexity index is 335. The SMILES string of the molecule is NCc1cc(Br)cnc1N1CCCCC1. The molecule has 0 amide bonds. The van der Waals surface area contributed by atoms with Gasteiger partial charge in [-0.25, -0.2) is 4.98 Å². The predicted molar refractivity (Wildman–Crippen MR) is 65.9 cm³/mol. The molecule has 0 unspecified atom stereocenters. The van der Waals surface area contributed by atoms with Crippen molar-refractivity contribution in [2.24, 2.45) is 5.73 Å². The summed E-state index contributed by atoms with van der Waals surface area (Å²) in [5, 5.41) is 0. The van der Waals surface area contributed by atoms with Gasteiger partial charge in [0.25, 0.3) is 0 Å². The van der Waals surface area contributed by atoms with Crippen LogP contribution in [-0.2, 0) is 6.54 Å². The van der Waals surface area contributed by atoms with Gasteiger partial charge in [-0.3, -0.25) is 0 Å². The van der Waals surface area contributed by atoms with Crippen molar-refractivity contribution in [2.75, 3.05) is 18.0 Å². The van der Waals surface area contributed by atoms with Gasteiger partial charge in [-0.2, -0.15) is 0 Å². The van der Waals surface area contributed by atoms with Gasteiger partial charge in [-0.05, 0) is 41.3 Å². The molecule has 0 spiro atoms. The van der Waals surface area contributed by atoms with E-state index in [0.29, 0.717) is 6.54 Å². The lowest BCUT2D eigenvalue weighted by Crippen LogP contribution is -2.31. The maximum atomic E-state index is 5.74. The minimum Gasteiger partial charge on any atom is -0.356 e. The molecule has 0 atom stereocenters. The molecule has 82 valence electrons. The number of rotatable bonds is 2. The number of piperidine rings is 1. The Morgan fingerprint density at radius 3 is 2.73 bits per heavy atom. The molecule has 1 aromatic rings. The first-order valence-electron chi connectivity index (χ1n) is 5.40. The fraction of sp³-hybridized carbons (Fsp3) is 0.545. The van der Waals surface area contributed by atoms with Crippen molar-refractivity contribution in [3.63, 3.8) is 0 Å². The number of pyridine rings is 1. The van der Waals surface area contributed by atoms with Crippen molar-refractivity contribution in [3.05, 3.63) is 22.3 Å². The molecule has 1 aromatic heterocycles. The molecule has 0 saturated carbocycles. The maximum absolute atomic E-state index is 5.74. The average molecular weight is 270 g/mol. The first kappa shape index (κ1) is 10.9. The maximum Gasteiger partial charge on any atom is 0.133 e. The second kappa shape index (κ2) is 4.94. The Hall–Kier alpha value is -0.610. The second-order valence-corrected chi connectivity index (χ2v) is 4.80. The van der Waals surface area contributed by atoms with E-state index in [-0.39, 0.29) is 0 Å². The first-order chi connectivity index (χ1) is 7.31. The largest absolute Gasteiger partial charge is 0.356 e. The lowest BCUT2D eigenvalue weighted by Gasteiger charge is -2.29. The van der Waals surface area contributed by atoms with Gasteiger partial charge >= 0.3 is 0 Å². The predicted octanol–water partition coefficient (Wildman–Crippen LogP) is 2.29. The molecule has 1 fully saturated rings. The van der Waals surface area contributed by atoms with Gasteiger partial charge in [0, 0.05) is 35.9 Å². The van der Waals surface area contributed by atoms with Gasteiger partial charge in [0.05, 0.1) is 0 Å². The monoisotopic (exact) mass is 269 g/mol. The molecule has 0 aliphatic carbocycles. The summed E-state index contributed by atoms with van der Waals surface area (Å²) in [7, 11) is 0. The second-order valence-electron chi connectivity index (χ2n) is 3.89. The van der Waals surface area contributed by atoms with E-state index in [1.165, 1.54) is 19.3 Å². The van der Waals surface area contributed by atoms with Gasteiger partial charge in [0.15, 0.2) is 0 Å². The highest BCUT2D eigenvalue weighted by molar-refractivity contribution is 9.10. The quantitative estimate of drug-likeness (QED) is 0.896. The molecule has 15 heavy (non-hydrogen) atoms. The summed E-state index contributed by atoms with van der Waals surface area (Å²) in [5.41, 5.74) is 6.87. The number of nitrogens with two attached hydrogens (primary N) is 1. The lowest BCUT2D eigenvalue weighted by atomic mass is 10.1. The summed E-state index contributed by atoms with van der Waals surface area (Å²) in [4.78, 5) is 6.82. The summed E-state index contributed by atoms with van der Waals surface area (Å²) >= 11 is 3.42. The third kappa shape index (κ3) is 2.49. The summed E-state index contributed by atoms with van der Waals surface area (Å²) in [6.45, 7) is 2.78. The molecule has 2 rings (SSSR count). The first-order valence-corrected chi connectivity index (χ1v) is 6.20. The fourth-order valence-electron chi connectivity index (χ4n) is 2.01. The van der Waals surface area contributed by atoms with Gasteiger partial charge < -0.3 is 10.6 Å². The lowest BCUT2D eigenvalue weighted by molar-refractivity contribution is 0.571. The third-order valence-corrected chi connectivity index (χ3v) is 3.22. The third-order valence-electron chi connectivity index (χ3n) is 2.79. The Morgan fingerprint density at radius 2 is 2.07 bits per heavy atom. The minimum atomic E-state index is 0.554. The van der Waals surface area contributed by atoms with Crippen molar-refractivity contribution >= 4 is 21.7 Å². The van der Waals surface area contributed by atoms with Crippen LogP contribution in [-0.4, -0.2) is 18.1 Å². The molecular formula is C11H16BrN3. The van der Waals surface area contributed by atoms with Crippen molar-refractivity contribution < 1.29 is 0 Å². The molecule has 2 heterocycles. The number of hydrogen-bond donors (Lipinski definition) is 1. The summed E-state index contributed by atoms with van der Waals surface area (Å²) in [6, 6.07) is 2.07. The highest BCUT2D eigenvalue weighted by Gasteiger charge is 2.15. The van der Waals surface area contributed by atoms with Crippen LogP contribution in [0.5, 0.6) is 0 Å². The van der Waals surface area contributed by atoms with E-state index >= 15 is 0 Å². The van der Waals surface area contributed by atoms with Crippen LogP contribution in [0, 0.1) is 0 Å². The van der Waals surface area contributed by atoms with Crippen LogP contribution in [0.2, 0.25) is 0 Å². The number of hydrogen-bond acceptors (Lipinski definition) is 3. The number of halogens is 1. The van der Waals surface area contributed by atoms with Gasteiger partial charge in [0.1, 0.15) is 5.82 Å². The molecule has 3 nitrogen and oxygen atoms in total. The fourth-order valence-corrected chi connectivity index (χ4v) is 2.39. The normalized spacial score (nSPS) is 16.8. The van der Waals surface area contributed by atoms with E-state index in [2.05, 4.69) is 31.9 Å². The van der Waals surface area contributed by atoms with Gasteiger partial charge in [0.2, 0.25) is 0 Å². The average Bonchev–Trinajstić information content (AvgIpc) is 2.30. The van der Waals surface area contributed by atoms with Gasteiger partial charge in [-0.1, -0.05) is 0 Å². The van der Waals surface area contributed by atoms with E-state index in [9.17, 15) is 0 Å². The van der Waals surface area contributed by atoms with Crippen LogP contribution in [0.15, 0.2) is 16.7 Å². The topological polar surface area (TPSA) is 42.1 Å². The van der Waals surface area contributed by atoms with Crippen molar-refractivity contribution in [2.45, 2.75) is 25.8 Å². The van der Waals surface area contributed by atoms with Crippen molar-refractivity contribution in [1.29, 1.82) is 0 Å². The number of anilines is 1. The smallest absolute Gasteiger partial charge is 0.133 e. The van der Waals surface area contributed by atoms with Crippen molar-refractivity contribution in [1.82, 2.24) is 4.98 Å². The zero-order chi connectivity index (χ0) is 10.7. The molecule has 0 radical (unpaired) electrons. The molecule has 0 bridgehead atoms. The Kier molecular flexibility index (Phi) is 3.59. The Morgan fingerprint density at radius 1 is 1.33 bits per heavy atom. The molecule has 1 aliphatic heterocycles. The number of aromatic nitrogens is 1. The van der Waals surface area contributed by atoms with Gasteiger partial charge in [-0.15, -0.1) is 0 Å². The van der Waals surface area contributed by atoms with E-state index in [4.69, 9.17) is 5.73 Å². The number of nitrogens with zero attached hydrogens (tertiary/aromatic N) is 2. The van der Waals surface area contributed by atoms with Crippen LogP contribution in [0.1, 0.15) is 24.8 Å². The molecule has 0 aromatic carbocycles. The molecule has 2 N–H and O–H groups in total. The Balaban J connectivity index is 2.25. The van der Waals surface area contributed by atoms with Crippen LogP contribution >= 0.6 is 15.9 Å². The molecule has 1 saturated heterocycles. The van der Waals surface area contributed by atoms with Crippen LogP contribution in [0.25, 0.3) is 0 Å². The van der Waals surface area contributed by atoms with Crippen LogP contribution in [0.3, 0.4) is 0 Å². The summed E-state index contributed by atoms with van der Waals surface area (Å²) in [6.07, 6.45) is 5.72. The zero-order valence-corrected chi connectivity index (χ0v) is 10.3. The summed E-state index contributed by atoms with van der Waals surface area (Å²) < 4.78 is 1.00. The van der Waals surface area contributed by atoms with Crippen LogP contribution < -0.4 is 10.6 Å². The van der Waals surface area contributed by atoms with Crippen molar-refractivity contribution in [3.8, 4) is 0 Å². The summed E-state index contributed by atoms with van der Waals surface area (Å²) in [5.74, 6) is 1.07. The molecular weight excluding hydrogens is 254 g/mol. The highest BCUT2D eigenvalue weighted by Crippen LogP contribution is 2.23. The standard InChI is InChI=1S/C11H16BrN3/c12-10-6-9(7-13)11(14-8-10)15-4-2-1-3-5-15/h6,8H,1-5,7,13H2. The van der Waals surface area contributed by atoms with E-state index in [1.807, 2.05) is 6.20 Å². The zero-order valence-electron chi connectivity index (χ0n) is 8.75. The molecule has 1 aliphatic rings. The van der Waals surface area contributed by atoms with E-state index in [0.717, 1.165) is 28.9 Å². The Labute approximate surface area is 98.8 Å². The molecule has 4 heteroatoms.